The summed E-state index contributed by atoms with van der Waals surface area (Å²) in [6, 6.07) is 16.0. The number of carbonyl (C=O) groups is 3. The van der Waals surface area contributed by atoms with Crippen molar-refractivity contribution in [3.8, 4) is 17.5 Å². The number of aromatic hydroxyl groups is 2. The van der Waals surface area contributed by atoms with E-state index >= 15 is 0 Å². The highest BCUT2D eigenvalue weighted by atomic mass is 16.6. The van der Waals surface area contributed by atoms with Gasteiger partial charge in [-0.15, -0.1) is 10.2 Å². The molecule has 14 N–H and O–H groups in total. The minimum Gasteiger partial charge on any atom is -0.493 e. The fourth-order valence-corrected chi connectivity index (χ4v) is 7.18. The zero-order chi connectivity index (χ0) is 57.5. The number of benzene rings is 3. The van der Waals surface area contributed by atoms with Crippen molar-refractivity contribution in [2.45, 2.75) is 26.9 Å². The summed E-state index contributed by atoms with van der Waals surface area (Å²) in [6.07, 6.45) is 0. The molecular formula is C48H50N18O14. The summed E-state index contributed by atoms with van der Waals surface area (Å²) in [6.45, 7) is 1.68. The van der Waals surface area contributed by atoms with Gasteiger partial charge in [-0.1, -0.05) is 0 Å². The normalized spacial score (nSPS) is 11.2. The van der Waals surface area contributed by atoms with Crippen LogP contribution in [0.4, 0.5) is 69.8 Å². The minimum atomic E-state index is -1.39. The smallest absolute Gasteiger partial charge is 0.335 e. The van der Waals surface area contributed by atoms with Crippen molar-refractivity contribution in [1.29, 1.82) is 0 Å². The molecule has 0 atom stereocenters. The quantitative estimate of drug-likeness (QED) is 0.0254. The standard InChI is InChI=1S/C48H50N18O14/c1-24-15-34(70)65(38(72)36(24)63-61-31-18-26(40(74)75)17-27(19-31)41(76)77)11-7-49-43-55-45(51-9-13-67)59-47(57-43)53-29-3-5-30(6-4-29)54-48-58-44(56-46(60-48)52-10-14-68)50-8-12-66-35(71)16-25(2)37(39(66)73)64-62-32-20-28(42(78)79)21-33(22-32)80-23-69/h3-6,15-22,67-69,72-73H,7-14,23H2,1-2H3,(H,74,75)(H,76,77)(H,78,79)(H3,49,51,53,55,57,59)(H3,50,52,54,56,58,60). The molecule has 0 radical (unpaired) electrons. The van der Waals surface area contributed by atoms with Crippen molar-refractivity contribution in [1.82, 2.24) is 39.0 Å². The lowest BCUT2D eigenvalue weighted by Gasteiger charge is -2.14. The number of aliphatic hydroxyl groups excluding tert-OH is 3. The second-order valence-electron chi connectivity index (χ2n) is 16.6. The maximum atomic E-state index is 13.0. The first-order valence-electron chi connectivity index (χ1n) is 23.7. The summed E-state index contributed by atoms with van der Waals surface area (Å²) in [5.74, 6) is -4.82. The monoisotopic (exact) mass is 1100 g/mol. The fraction of sp³-hybridized carbons (Fsp3) is 0.229. The highest BCUT2D eigenvalue weighted by Crippen LogP contribution is 2.33. The number of rotatable bonds is 27. The summed E-state index contributed by atoms with van der Waals surface area (Å²) >= 11 is 0. The maximum absolute atomic E-state index is 13.0. The number of hydrogen-bond donors (Lipinski definition) is 14. The molecular weight excluding hydrogens is 1050 g/mol. The number of aliphatic hydroxyl groups is 3. The van der Waals surface area contributed by atoms with Gasteiger partial charge in [0.2, 0.25) is 47.5 Å². The number of carboxylic acid groups (broad SMARTS) is 3. The van der Waals surface area contributed by atoms with E-state index in [2.05, 4.69) is 82.3 Å². The van der Waals surface area contributed by atoms with Crippen molar-refractivity contribution >= 4 is 87.7 Å². The molecule has 0 fully saturated rings. The van der Waals surface area contributed by atoms with Crippen molar-refractivity contribution in [2.24, 2.45) is 20.5 Å². The molecule has 416 valence electrons. The number of azo groups is 2. The van der Waals surface area contributed by atoms with E-state index in [0.29, 0.717) is 11.4 Å². The molecule has 0 aliphatic heterocycles. The van der Waals surface area contributed by atoms with E-state index in [0.717, 1.165) is 27.3 Å². The Hall–Kier alpha value is -10.7. The van der Waals surface area contributed by atoms with Crippen molar-refractivity contribution in [3.05, 3.63) is 121 Å². The van der Waals surface area contributed by atoms with Crippen LogP contribution in [0.3, 0.4) is 0 Å². The van der Waals surface area contributed by atoms with Gasteiger partial charge in [0, 0.05) is 68.8 Å². The number of aryl methyl sites for hydroxylation is 2. The Labute approximate surface area is 450 Å². The van der Waals surface area contributed by atoms with Gasteiger partial charge in [0.05, 0.1) is 41.3 Å². The van der Waals surface area contributed by atoms with Gasteiger partial charge in [-0.25, -0.2) is 14.4 Å². The first-order chi connectivity index (χ1) is 38.4. The zero-order valence-electron chi connectivity index (χ0n) is 42.2. The third-order valence-corrected chi connectivity index (χ3v) is 10.9. The SMILES string of the molecule is Cc1cc(=O)n(CCNc2nc(NCCO)nc(Nc3ccc(Nc4nc(NCCO)nc(NCCn5c(O)c(N=Nc6cc(C(=O)O)cc(C(=O)O)c6)c(C)cc5=O)n4)cc3)n2)c(O)c1N=Nc1cc(OCO)cc(C(=O)O)c1. The van der Waals surface area contributed by atoms with Crippen molar-refractivity contribution in [2.75, 3.05) is 78.1 Å². The molecule has 4 heterocycles. The van der Waals surface area contributed by atoms with Crippen LogP contribution in [0.15, 0.2) is 103 Å². The van der Waals surface area contributed by atoms with Gasteiger partial charge in [-0.2, -0.15) is 40.1 Å². The van der Waals surface area contributed by atoms with Gasteiger partial charge in [0.25, 0.3) is 11.1 Å². The number of nitrogens with zero attached hydrogens (tertiary/aromatic N) is 12. The Morgan fingerprint density at radius 2 is 0.863 bits per heavy atom. The van der Waals surface area contributed by atoms with E-state index in [1.807, 2.05) is 0 Å². The Balaban J connectivity index is 1.01. The molecule has 0 saturated heterocycles. The van der Waals surface area contributed by atoms with Crippen LogP contribution in [0.25, 0.3) is 0 Å². The predicted molar refractivity (Wildman–Crippen MR) is 285 cm³/mol. The zero-order valence-corrected chi connectivity index (χ0v) is 42.2. The van der Waals surface area contributed by atoms with E-state index < -0.39 is 47.6 Å². The Bertz CT molecular complexity index is 3580. The van der Waals surface area contributed by atoms with E-state index in [1.165, 1.54) is 44.2 Å². The van der Waals surface area contributed by atoms with E-state index in [-0.39, 0.29) is 144 Å². The third-order valence-electron chi connectivity index (χ3n) is 10.9. The highest BCUT2D eigenvalue weighted by molar-refractivity contribution is 5.95. The van der Waals surface area contributed by atoms with Crippen LogP contribution in [-0.4, -0.2) is 144 Å². The molecule has 80 heavy (non-hydrogen) atoms. The van der Waals surface area contributed by atoms with Crippen LogP contribution in [0.5, 0.6) is 17.5 Å². The largest absolute Gasteiger partial charge is 0.493 e. The van der Waals surface area contributed by atoms with Crippen LogP contribution in [-0.2, 0) is 13.1 Å². The van der Waals surface area contributed by atoms with Crippen LogP contribution < -0.4 is 47.8 Å². The first kappa shape index (κ1) is 57.0. The van der Waals surface area contributed by atoms with Gasteiger partial charge >= 0.3 is 17.9 Å². The topological polar surface area (TPSA) is 465 Å². The number of nitrogens with one attached hydrogen (secondary N) is 6. The maximum Gasteiger partial charge on any atom is 0.335 e. The second kappa shape index (κ2) is 26.4. The fourth-order valence-electron chi connectivity index (χ4n) is 7.18. The molecule has 0 spiro atoms. The first-order valence-corrected chi connectivity index (χ1v) is 23.7. The highest BCUT2D eigenvalue weighted by Gasteiger charge is 2.18. The number of aromatic carboxylic acids is 3. The number of anilines is 8. The summed E-state index contributed by atoms with van der Waals surface area (Å²) < 4.78 is 7.03. The summed E-state index contributed by atoms with van der Waals surface area (Å²) in [7, 11) is 0. The molecule has 32 nitrogen and oxygen atoms in total. The van der Waals surface area contributed by atoms with E-state index in [9.17, 15) is 59.7 Å². The Morgan fingerprint density at radius 1 is 0.500 bits per heavy atom. The molecule has 0 bridgehead atoms. The van der Waals surface area contributed by atoms with E-state index in [4.69, 9.17) is 9.84 Å². The number of aromatic nitrogens is 8. The Kier molecular flexibility index (Phi) is 18.8. The molecule has 0 aliphatic carbocycles. The predicted octanol–water partition coefficient (Wildman–Crippen LogP) is 4.18. The van der Waals surface area contributed by atoms with Gasteiger partial charge in [0.15, 0.2) is 6.79 Å². The van der Waals surface area contributed by atoms with Crippen molar-refractivity contribution in [3.63, 3.8) is 0 Å². The molecule has 7 rings (SSSR count). The number of carboxylic acids is 3. The number of hydrogen-bond acceptors (Lipinski definition) is 27. The van der Waals surface area contributed by atoms with Crippen LogP contribution in [0.2, 0.25) is 0 Å². The second-order valence-corrected chi connectivity index (χ2v) is 16.6. The number of pyridine rings is 2. The minimum absolute atomic E-state index is 0.00835. The lowest BCUT2D eigenvalue weighted by molar-refractivity contribution is 0.0681. The van der Waals surface area contributed by atoms with Crippen LogP contribution in [0, 0.1) is 13.8 Å². The molecule has 0 amide bonds. The average molecular weight is 1100 g/mol. The third kappa shape index (κ3) is 15.0. The van der Waals surface area contributed by atoms with Crippen molar-refractivity contribution < 1.29 is 60.0 Å². The van der Waals surface area contributed by atoms with Gasteiger partial charge in [-0.05, 0) is 79.6 Å². The summed E-state index contributed by atoms with van der Waals surface area (Å²) in [5.41, 5.74) is -0.854. The molecule has 4 aromatic heterocycles. The average Bonchev–Trinajstić information content (AvgIpc) is 3.44. The lowest BCUT2D eigenvalue weighted by Crippen LogP contribution is -2.24. The van der Waals surface area contributed by atoms with Crippen LogP contribution in [0.1, 0.15) is 42.2 Å². The molecule has 0 aliphatic rings. The lowest BCUT2D eigenvalue weighted by atomic mass is 10.1. The molecule has 3 aromatic carbocycles. The van der Waals surface area contributed by atoms with Crippen LogP contribution >= 0.6 is 0 Å². The van der Waals surface area contributed by atoms with Gasteiger partial charge < -0.3 is 77.5 Å². The molecule has 0 unspecified atom stereocenters. The summed E-state index contributed by atoms with van der Waals surface area (Å²) in [4.78, 5) is 87.0. The van der Waals surface area contributed by atoms with Gasteiger partial charge in [0.1, 0.15) is 17.1 Å². The summed E-state index contributed by atoms with van der Waals surface area (Å²) in [5, 5.41) is 113. The Morgan fingerprint density at radius 3 is 1.24 bits per heavy atom. The van der Waals surface area contributed by atoms with Gasteiger partial charge in [-0.3, -0.25) is 18.7 Å². The number of ether oxygens (including phenoxy) is 1. The molecule has 0 saturated carbocycles. The molecule has 7 aromatic rings. The van der Waals surface area contributed by atoms with E-state index in [1.54, 1.807) is 24.3 Å². The molecule has 32 heteroatoms.